The second-order valence-corrected chi connectivity index (χ2v) is 4.30. The number of hydrogen-bond acceptors (Lipinski definition) is 4. The third-order valence-electron chi connectivity index (χ3n) is 1.58. The van der Waals surface area contributed by atoms with E-state index in [1.165, 1.54) is 0 Å². The van der Waals surface area contributed by atoms with Crippen LogP contribution >= 0.6 is 34.2 Å². The maximum absolute atomic E-state index is 8.60. The smallest absolute Gasteiger partial charge is 0.201 e. The molecule has 4 N–H and O–H groups in total. The molecule has 0 saturated heterocycles. The molecule has 0 unspecified atom stereocenters. The van der Waals surface area contributed by atoms with Crippen LogP contribution in [-0.2, 0) is 0 Å². The first kappa shape index (κ1) is 12.7. The van der Waals surface area contributed by atoms with Crippen LogP contribution in [0.2, 0.25) is 5.02 Å². The Morgan fingerprint density at radius 1 is 1.62 bits per heavy atom. The van der Waals surface area contributed by atoms with Gasteiger partial charge in [-0.25, -0.2) is 0 Å². The lowest BCUT2D eigenvalue weighted by atomic mass is 10.3. The molecule has 0 heterocycles. The molecule has 0 atom stereocenters. The van der Waals surface area contributed by atoms with Gasteiger partial charge in [-0.2, -0.15) is 10.4 Å². The van der Waals surface area contributed by atoms with Crippen molar-refractivity contribution < 1.29 is 0 Å². The monoisotopic (exact) mass is 347 g/mol. The summed E-state index contributed by atoms with van der Waals surface area (Å²) in [4.78, 5) is 0. The number of benzene rings is 1. The minimum Gasteiger partial charge on any atom is -0.382 e. The normalized spacial score (nSPS) is 10.7. The highest BCUT2D eigenvalue weighted by molar-refractivity contribution is 14.1. The fourth-order valence-corrected chi connectivity index (χ4v) is 1.35. The minimum absolute atomic E-state index is 0.172. The molecule has 0 amide bonds. The zero-order valence-corrected chi connectivity index (χ0v) is 10.9. The van der Waals surface area contributed by atoms with E-state index in [1.54, 1.807) is 24.3 Å². The van der Waals surface area contributed by atoms with E-state index in [4.69, 9.17) is 28.0 Å². The Kier molecular flexibility index (Phi) is 4.52. The summed E-state index contributed by atoms with van der Waals surface area (Å²) in [5.41, 5.74) is 8.18. The number of hydrazone groups is 1. The lowest BCUT2D eigenvalue weighted by Gasteiger charge is -2.02. The molecular weight excluding hydrogens is 340 g/mol. The Bertz CT molecular complexity index is 491. The van der Waals surface area contributed by atoms with Crippen LogP contribution in [0.15, 0.2) is 23.3 Å². The average Bonchev–Trinajstić information content (AvgIpc) is 2.23. The van der Waals surface area contributed by atoms with E-state index in [2.05, 4.69) is 33.1 Å². The number of nitriles is 1. The summed E-state index contributed by atoms with van der Waals surface area (Å²) in [6, 6.07) is 6.93. The molecule has 1 aromatic rings. The topological polar surface area (TPSA) is 98.0 Å². The second-order valence-electron chi connectivity index (χ2n) is 2.73. The number of nitrogens with one attached hydrogen (secondary N) is 2. The Morgan fingerprint density at radius 3 is 2.81 bits per heavy atom. The average molecular weight is 348 g/mol. The van der Waals surface area contributed by atoms with Crippen molar-refractivity contribution in [2.24, 2.45) is 10.8 Å². The summed E-state index contributed by atoms with van der Waals surface area (Å²) < 4.78 is 0.917. The first-order valence-corrected chi connectivity index (χ1v) is 5.53. The van der Waals surface area contributed by atoms with Gasteiger partial charge in [-0.3, -0.25) is 10.8 Å². The zero-order chi connectivity index (χ0) is 12.1. The maximum Gasteiger partial charge on any atom is 0.201 e. The molecule has 0 aliphatic heterocycles. The third-order valence-corrected chi connectivity index (χ3v) is 3.15. The quantitative estimate of drug-likeness (QED) is 0.338. The molecule has 0 aromatic heterocycles. The number of rotatable bonds is 3. The zero-order valence-electron chi connectivity index (χ0n) is 7.96. The van der Waals surface area contributed by atoms with Crippen molar-refractivity contribution in [2.45, 2.75) is 0 Å². The lowest BCUT2D eigenvalue weighted by molar-refractivity contribution is 1.33. The molecule has 0 radical (unpaired) electrons. The number of halogens is 2. The van der Waals surface area contributed by atoms with Crippen LogP contribution in [0.3, 0.4) is 0 Å². The van der Waals surface area contributed by atoms with Gasteiger partial charge in [0.05, 0.1) is 10.7 Å². The van der Waals surface area contributed by atoms with E-state index in [0.29, 0.717) is 10.7 Å². The predicted octanol–water partition coefficient (Wildman–Crippen LogP) is 2.17. The molecule has 0 fully saturated rings. The molecule has 0 aliphatic carbocycles. The number of nitrogens with zero attached hydrogens (tertiary/aromatic N) is 2. The van der Waals surface area contributed by atoms with Crippen LogP contribution in [-0.4, -0.2) is 11.5 Å². The van der Waals surface area contributed by atoms with E-state index in [0.717, 1.165) is 3.57 Å². The van der Waals surface area contributed by atoms with Gasteiger partial charge in [0, 0.05) is 3.57 Å². The number of hydrogen-bond donors (Lipinski definition) is 3. The highest BCUT2D eigenvalue weighted by Gasteiger charge is 2.02. The van der Waals surface area contributed by atoms with Crippen molar-refractivity contribution in [3.63, 3.8) is 0 Å². The van der Waals surface area contributed by atoms with Crippen LogP contribution in [0.4, 0.5) is 5.69 Å². The molecule has 16 heavy (non-hydrogen) atoms. The predicted molar refractivity (Wildman–Crippen MR) is 72.8 cm³/mol. The lowest BCUT2D eigenvalue weighted by Crippen LogP contribution is -2.21. The summed E-state index contributed by atoms with van der Waals surface area (Å²) >= 11 is 8.00. The van der Waals surface area contributed by atoms with Crippen molar-refractivity contribution in [3.05, 3.63) is 26.8 Å². The number of anilines is 1. The molecule has 0 bridgehead atoms. The summed E-state index contributed by atoms with van der Waals surface area (Å²) in [5, 5.41) is 19.9. The van der Waals surface area contributed by atoms with Crippen molar-refractivity contribution in [2.75, 3.05) is 5.43 Å². The summed E-state index contributed by atoms with van der Waals surface area (Å²) in [7, 11) is 0. The van der Waals surface area contributed by atoms with E-state index >= 15 is 0 Å². The highest BCUT2D eigenvalue weighted by Crippen LogP contribution is 2.22. The minimum atomic E-state index is -0.383. The molecule has 1 rings (SSSR count). The van der Waals surface area contributed by atoms with Gasteiger partial charge in [0.2, 0.25) is 5.71 Å². The summed E-state index contributed by atoms with van der Waals surface area (Å²) in [6.45, 7) is 0. The molecule has 0 spiro atoms. The van der Waals surface area contributed by atoms with Gasteiger partial charge < -0.3 is 5.73 Å². The molecule has 7 heteroatoms. The Labute approximate surface area is 111 Å². The van der Waals surface area contributed by atoms with Crippen molar-refractivity contribution in [1.29, 1.82) is 10.7 Å². The third kappa shape index (κ3) is 3.36. The van der Waals surface area contributed by atoms with Crippen LogP contribution in [0, 0.1) is 20.3 Å². The van der Waals surface area contributed by atoms with E-state index < -0.39 is 0 Å². The highest BCUT2D eigenvalue weighted by atomic mass is 127. The van der Waals surface area contributed by atoms with Gasteiger partial charge in [-0.05, 0) is 40.8 Å². The molecule has 0 saturated carbocycles. The number of amidine groups is 1. The van der Waals surface area contributed by atoms with Gasteiger partial charge in [0.25, 0.3) is 0 Å². The second kappa shape index (κ2) is 5.67. The van der Waals surface area contributed by atoms with Gasteiger partial charge in [-0.15, -0.1) is 0 Å². The van der Waals surface area contributed by atoms with Crippen molar-refractivity contribution in [3.8, 4) is 6.07 Å². The molecule has 1 aromatic carbocycles. The molecule has 0 aliphatic rings. The summed E-state index contributed by atoms with van der Waals surface area (Å²) in [6.07, 6.45) is 0. The summed E-state index contributed by atoms with van der Waals surface area (Å²) in [5.74, 6) is -0.383. The standard InChI is InChI=1S/C9H7ClIN5/c10-6-3-5(1-2-7(6)11)15-16-8(4-12)9(13)14/h1-3,15H,(H3,13,14)/b16-8+. The molecule has 82 valence electrons. The first-order valence-electron chi connectivity index (χ1n) is 4.08. The Balaban J connectivity index is 2.86. The fraction of sp³-hybridized carbons (Fsp3) is 0. The SMILES string of the molecule is N#C/C(=N\Nc1ccc(I)c(Cl)c1)C(=N)N. The van der Waals surface area contributed by atoms with Gasteiger partial charge in [0.1, 0.15) is 6.07 Å². The van der Waals surface area contributed by atoms with Crippen molar-refractivity contribution >= 4 is 51.4 Å². The van der Waals surface area contributed by atoms with Crippen LogP contribution < -0.4 is 11.2 Å². The maximum atomic E-state index is 8.60. The van der Waals surface area contributed by atoms with E-state index in [1.807, 2.05) is 0 Å². The first-order chi connectivity index (χ1) is 7.54. The van der Waals surface area contributed by atoms with E-state index in [9.17, 15) is 0 Å². The van der Waals surface area contributed by atoms with Crippen LogP contribution in [0.5, 0.6) is 0 Å². The van der Waals surface area contributed by atoms with Gasteiger partial charge in [-0.1, -0.05) is 11.6 Å². The van der Waals surface area contributed by atoms with Crippen molar-refractivity contribution in [1.82, 2.24) is 0 Å². The van der Waals surface area contributed by atoms with Crippen LogP contribution in [0.1, 0.15) is 0 Å². The van der Waals surface area contributed by atoms with Gasteiger partial charge >= 0.3 is 0 Å². The van der Waals surface area contributed by atoms with Crippen LogP contribution in [0.25, 0.3) is 0 Å². The molecular formula is C9H7ClIN5. The van der Waals surface area contributed by atoms with E-state index in [-0.39, 0.29) is 11.5 Å². The molecule has 5 nitrogen and oxygen atoms in total. The fourth-order valence-electron chi connectivity index (χ4n) is 0.832. The Morgan fingerprint density at radius 2 is 2.31 bits per heavy atom. The Hall–Kier alpha value is -1.33. The van der Waals surface area contributed by atoms with Gasteiger partial charge in [0.15, 0.2) is 5.84 Å². The number of nitrogens with two attached hydrogens (primary N) is 1. The largest absolute Gasteiger partial charge is 0.382 e.